The molecular formula is C18H28N4O3S. The normalized spacial score (nSPS) is 20.1. The van der Waals surface area contributed by atoms with Crippen LogP contribution in [-0.4, -0.2) is 73.1 Å². The molecule has 3 rings (SSSR count). The van der Waals surface area contributed by atoms with E-state index in [4.69, 9.17) is 0 Å². The van der Waals surface area contributed by atoms with Crippen molar-refractivity contribution in [3.8, 4) is 0 Å². The molecule has 0 saturated carbocycles. The van der Waals surface area contributed by atoms with Crippen LogP contribution in [-0.2, 0) is 28.0 Å². The molecule has 1 aromatic rings. The van der Waals surface area contributed by atoms with Gasteiger partial charge in [0, 0.05) is 45.3 Å². The lowest BCUT2D eigenvalue weighted by Gasteiger charge is -2.37. The van der Waals surface area contributed by atoms with Crippen LogP contribution in [0.5, 0.6) is 0 Å². The van der Waals surface area contributed by atoms with Gasteiger partial charge in [0.25, 0.3) is 10.2 Å². The molecule has 0 atom stereocenters. The molecule has 0 aliphatic carbocycles. The highest BCUT2D eigenvalue weighted by molar-refractivity contribution is 7.86. The molecule has 0 unspecified atom stereocenters. The Balaban J connectivity index is 1.56. The van der Waals surface area contributed by atoms with E-state index in [1.807, 2.05) is 36.9 Å². The molecule has 2 aliphatic rings. The molecule has 7 nitrogen and oxygen atoms in total. The Hall–Kier alpha value is -1.48. The Kier molecular flexibility index (Phi) is 5.96. The van der Waals surface area contributed by atoms with Gasteiger partial charge in [0.2, 0.25) is 5.91 Å². The number of amides is 1. The summed E-state index contributed by atoms with van der Waals surface area (Å²) in [5.74, 6) is -0.0102. The van der Waals surface area contributed by atoms with Crippen molar-refractivity contribution in [2.75, 3.05) is 39.3 Å². The Morgan fingerprint density at radius 2 is 1.69 bits per heavy atom. The van der Waals surface area contributed by atoms with Crippen molar-refractivity contribution in [1.82, 2.24) is 18.8 Å². The lowest BCUT2D eigenvalue weighted by atomic mass is 10.0. The van der Waals surface area contributed by atoms with Crippen molar-refractivity contribution >= 4 is 16.1 Å². The first kappa shape index (κ1) is 19.3. The summed E-state index contributed by atoms with van der Waals surface area (Å²) in [4.78, 5) is 13.9. The second kappa shape index (κ2) is 8.04. The second-order valence-corrected chi connectivity index (χ2v) is 9.19. The van der Waals surface area contributed by atoms with Crippen LogP contribution in [0, 0.1) is 0 Å². The first-order chi connectivity index (χ1) is 12.4. The van der Waals surface area contributed by atoms with E-state index in [9.17, 15) is 13.2 Å². The molecule has 0 radical (unpaired) electrons. The van der Waals surface area contributed by atoms with Gasteiger partial charge in [0.15, 0.2) is 0 Å². The van der Waals surface area contributed by atoms with E-state index in [2.05, 4.69) is 11.4 Å². The topological polar surface area (TPSA) is 73.0 Å². The summed E-state index contributed by atoms with van der Waals surface area (Å²) in [6, 6.07) is 8.14. The van der Waals surface area contributed by atoms with E-state index in [0.717, 1.165) is 12.0 Å². The number of carbonyl (C=O) groups is 1. The molecule has 8 heteroatoms. The number of benzene rings is 1. The standard InChI is InChI=1S/C18H28N4O3S/c1-15(2)19-18(23)14-20-9-11-21(12-10-20)26(24,25)22-8-7-16-5-3-4-6-17(16)13-22/h3-6,15H,7-14H2,1-2H3,(H,19,23). The molecule has 0 aromatic heterocycles. The van der Waals surface area contributed by atoms with Crippen LogP contribution in [0.1, 0.15) is 25.0 Å². The second-order valence-electron chi connectivity index (χ2n) is 7.26. The van der Waals surface area contributed by atoms with Gasteiger partial charge >= 0.3 is 0 Å². The van der Waals surface area contributed by atoms with Crippen molar-refractivity contribution in [3.63, 3.8) is 0 Å². The monoisotopic (exact) mass is 380 g/mol. The molecule has 1 amide bonds. The molecule has 0 bridgehead atoms. The SMILES string of the molecule is CC(C)NC(=O)CN1CCN(S(=O)(=O)N2CCc3ccccc3C2)CC1. The molecule has 0 spiro atoms. The van der Waals surface area contributed by atoms with Crippen LogP contribution in [0.25, 0.3) is 0 Å². The van der Waals surface area contributed by atoms with Crippen LogP contribution >= 0.6 is 0 Å². The van der Waals surface area contributed by atoms with Crippen LogP contribution in [0.2, 0.25) is 0 Å². The van der Waals surface area contributed by atoms with Gasteiger partial charge in [-0.1, -0.05) is 24.3 Å². The molecule has 1 N–H and O–H groups in total. The fourth-order valence-electron chi connectivity index (χ4n) is 3.52. The highest BCUT2D eigenvalue weighted by Crippen LogP contribution is 2.23. The molecule has 1 fully saturated rings. The average Bonchev–Trinajstić information content (AvgIpc) is 2.61. The number of hydrogen-bond acceptors (Lipinski definition) is 4. The van der Waals surface area contributed by atoms with E-state index < -0.39 is 10.2 Å². The Morgan fingerprint density at radius 3 is 2.35 bits per heavy atom. The smallest absolute Gasteiger partial charge is 0.282 e. The summed E-state index contributed by atoms with van der Waals surface area (Å²) in [6.07, 6.45) is 0.755. The van der Waals surface area contributed by atoms with Crippen LogP contribution in [0.15, 0.2) is 24.3 Å². The molecule has 144 valence electrons. The maximum absolute atomic E-state index is 13.0. The van der Waals surface area contributed by atoms with Crippen LogP contribution in [0.4, 0.5) is 0 Å². The van der Waals surface area contributed by atoms with Gasteiger partial charge < -0.3 is 5.32 Å². The third-order valence-corrected chi connectivity index (χ3v) is 6.88. The average molecular weight is 381 g/mol. The predicted molar refractivity (Wildman–Crippen MR) is 101 cm³/mol. The molecule has 1 aromatic carbocycles. The Bertz CT molecular complexity index is 743. The van der Waals surface area contributed by atoms with Gasteiger partial charge in [-0.25, -0.2) is 0 Å². The number of fused-ring (bicyclic) bond motifs is 1. The number of nitrogens with one attached hydrogen (secondary N) is 1. The zero-order chi connectivity index (χ0) is 18.7. The zero-order valence-electron chi connectivity index (χ0n) is 15.5. The van der Waals surface area contributed by atoms with Gasteiger partial charge in [0.1, 0.15) is 0 Å². The maximum atomic E-state index is 13.0. The number of hydrogen-bond donors (Lipinski definition) is 1. The Morgan fingerprint density at radius 1 is 1.04 bits per heavy atom. The lowest BCUT2D eigenvalue weighted by molar-refractivity contribution is -0.123. The summed E-state index contributed by atoms with van der Waals surface area (Å²) in [6.45, 7) is 7.16. The first-order valence-electron chi connectivity index (χ1n) is 9.20. The largest absolute Gasteiger partial charge is 0.353 e. The highest BCUT2D eigenvalue weighted by atomic mass is 32.2. The van der Waals surface area contributed by atoms with E-state index in [-0.39, 0.29) is 11.9 Å². The number of rotatable bonds is 5. The van der Waals surface area contributed by atoms with E-state index >= 15 is 0 Å². The Labute approximate surface area is 156 Å². The van der Waals surface area contributed by atoms with E-state index in [1.165, 1.54) is 5.56 Å². The molecule has 26 heavy (non-hydrogen) atoms. The highest BCUT2D eigenvalue weighted by Gasteiger charge is 2.34. The molecular weight excluding hydrogens is 352 g/mol. The van der Waals surface area contributed by atoms with Crippen LogP contribution in [0.3, 0.4) is 0 Å². The fourth-order valence-corrected chi connectivity index (χ4v) is 5.09. The predicted octanol–water partition coefficient (Wildman–Crippen LogP) is 0.432. The van der Waals surface area contributed by atoms with Crippen molar-refractivity contribution in [1.29, 1.82) is 0 Å². The minimum atomic E-state index is -3.46. The number of carbonyl (C=O) groups excluding carboxylic acids is 1. The van der Waals surface area contributed by atoms with Crippen molar-refractivity contribution < 1.29 is 13.2 Å². The van der Waals surface area contributed by atoms with Gasteiger partial charge in [-0.3, -0.25) is 9.69 Å². The fraction of sp³-hybridized carbons (Fsp3) is 0.611. The van der Waals surface area contributed by atoms with Crippen molar-refractivity contribution in [2.45, 2.75) is 32.9 Å². The van der Waals surface area contributed by atoms with Gasteiger partial charge in [-0.2, -0.15) is 17.0 Å². The van der Waals surface area contributed by atoms with E-state index in [0.29, 0.717) is 45.8 Å². The maximum Gasteiger partial charge on any atom is 0.282 e. The lowest BCUT2D eigenvalue weighted by Crippen LogP contribution is -2.55. The summed E-state index contributed by atoms with van der Waals surface area (Å²) in [7, 11) is -3.46. The minimum absolute atomic E-state index is 0.0102. The summed E-state index contributed by atoms with van der Waals surface area (Å²) in [5.41, 5.74) is 2.33. The van der Waals surface area contributed by atoms with Crippen LogP contribution < -0.4 is 5.32 Å². The third-order valence-electron chi connectivity index (χ3n) is 4.90. The van der Waals surface area contributed by atoms with Crippen molar-refractivity contribution in [3.05, 3.63) is 35.4 Å². The summed E-state index contributed by atoms with van der Waals surface area (Å²) in [5, 5.41) is 2.87. The zero-order valence-corrected chi connectivity index (χ0v) is 16.3. The van der Waals surface area contributed by atoms with Gasteiger partial charge in [-0.15, -0.1) is 0 Å². The first-order valence-corrected chi connectivity index (χ1v) is 10.6. The van der Waals surface area contributed by atoms with E-state index in [1.54, 1.807) is 8.61 Å². The molecule has 1 saturated heterocycles. The summed E-state index contributed by atoms with van der Waals surface area (Å²) >= 11 is 0. The number of piperazine rings is 1. The minimum Gasteiger partial charge on any atom is -0.353 e. The number of nitrogens with zero attached hydrogens (tertiary/aromatic N) is 3. The van der Waals surface area contributed by atoms with Crippen molar-refractivity contribution in [2.24, 2.45) is 0 Å². The molecule has 2 aliphatic heterocycles. The third kappa shape index (κ3) is 4.43. The van der Waals surface area contributed by atoms with Gasteiger partial charge in [0.05, 0.1) is 6.54 Å². The molecule has 2 heterocycles. The summed E-state index contributed by atoms with van der Waals surface area (Å²) < 4.78 is 29.1. The quantitative estimate of drug-likeness (QED) is 0.804. The van der Waals surface area contributed by atoms with Gasteiger partial charge in [-0.05, 0) is 31.4 Å².